The Kier molecular flexibility index (Phi) is 4.03. The highest BCUT2D eigenvalue weighted by atomic mass is 32.1. The van der Waals surface area contributed by atoms with E-state index in [2.05, 4.69) is 4.98 Å². The monoisotopic (exact) mass is 322 g/mol. The molecule has 0 saturated heterocycles. The van der Waals surface area contributed by atoms with Gasteiger partial charge in [0.05, 0.1) is 12.1 Å². The van der Waals surface area contributed by atoms with Gasteiger partial charge in [0.1, 0.15) is 11.6 Å². The smallest absolute Gasteiger partial charge is 0.323 e. The van der Waals surface area contributed by atoms with E-state index in [0.717, 1.165) is 23.4 Å². The molecule has 7 heteroatoms. The fourth-order valence-electron chi connectivity index (χ4n) is 2.12. The van der Waals surface area contributed by atoms with Crippen molar-refractivity contribution in [1.82, 2.24) is 9.88 Å². The van der Waals surface area contributed by atoms with Gasteiger partial charge in [0, 0.05) is 22.4 Å². The topological polar surface area (TPSA) is 70.5 Å². The quantitative estimate of drug-likeness (QED) is 0.887. The number of rotatable bonds is 6. The fourth-order valence-corrected chi connectivity index (χ4v) is 3.65. The molecule has 0 bridgehead atoms. The summed E-state index contributed by atoms with van der Waals surface area (Å²) in [7, 11) is 0. The lowest BCUT2D eigenvalue weighted by atomic mass is 10.3. The van der Waals surface area contributed by atoms with Crippen LogP contribution in [0.3, 0.4) is 0 Å². The highest BCUT2D eigenvalue weighted by molar-refractivity contribution is 7.14. The third-order valence-electron chi connectivity index (χ3n) is 3.27. The van der Waals surface area contributed by atoms with Crippen molar-refractivity contribution in [1.29, 1.82) is 0 Å². The Labute approximate surface area is 129 Å². The Bertz CT molecular complexity index is 647. The zero-order valence-electron chi connectivity index (χ0n) is 11.2. The highest BCUT2D eigenvalue weighted by Crippen LogP contribution is 2.28. The molecule has 2 aromatic heterocycles. The van der Waals surface area contributed by atoms with Crippen LogP contribution in [0.4, 0.5) is 0 Å². The molecule has 0 spiro atoms. The van der Waals surface area contributed by atoms with Crippen LogP contribution in [0.1, 0.15) is 18.5 Å². The molecule has 110 valence electrons. The number of thiazole rings is 1. The maximum atomic E-state index is 12.3. The summed E-state index contributed by atoms with van der Waals surface area (Å²) in [5.74, 6) is -1.12. The van der Waals surface area contributed by atoms with E-state index < -0.39 is 5.97 Å². The third kappa shape index (κ3) is 3.48. The molecule has 0 aliphatic heterocycles. The summed E-state index contributed by atoms with van der Waals surface area (Å²) in [6, 6.07) is 2.10. The Morgan fingerprint density at radius 3 is 2.81 bits per heavy atom. The molecule has 2 aromatic rings. The second kappa shape index (κ2) is 5.95. The van der Waals surface area contributed by atoms with Crippen LogP contribution in [0.15, 0.2) is 22.2 Å². The summed E-state index contributed by atoms with van der Waals surface area (Å²) in [6.07, 6.45) is 1.97. The van der Waals surface area contributed by atoms with Crippen molar-refractivity contribution < 1.29 is 14.7 Å². The van der Waals surface area contributed by atoms with Crippen LogP contribution >= 0.6 is 22.7 Å². The normalized spacial score (nSPS) is 14.1. The summed E-state index contributed by atoms with van der Waals surface area (Å²) in [5, 5.41) is 15.7. The maximum absolute atomic E-state index is 12.3. The van der Waals surface area contributed by atoms with Gasteiger partial charge in [-0.1, -0.05) is 0 Å². The van der Waals surface area contributed by atoms with Gasteiger partial charge >= 0.3 is 5.97 Å². The van der Waals surface area contributed by atoms with E-state index >= 15 is 0 Å². The first-order chi connectivity index (χ1) is 10.1. The van der Waals surface area contributed by atoms with E-state index in [4.69, 9.17) is 5.11 Å². The lowest BCUT2D eigenvalue weighted by molar-refractivity contribution is -0.144. The van der Waals surface area contributed by atoms with Crippen molar-refractivity contribution in [3.05, 3.63) is 27.9 Å². The third-order valence-corrected chi connectivity index (χ3v) is 4.89. The van der Waals surface area contributed by atoms with E-state index in [1.54, 1.807) is 11.3 Å². The van der Waals surface area contributed by atoms with Crippen LogP contribution in [-0.2, 0) is 16.0 Å². The first kappa shape index (κ1) is 14.2. The van der Waals surface area contributed by atoms with Gasteiger partial charge < -0.3 is 10.0 Å². The number of carbonyl (C=O) groups excluding carboxylic acids is 1. The summed E-state index contributed by atoms with van der Waals surface area (Å²) < 4.78 is 0. The molecule has 3 rings (SSSR count). The van der Waals surface area contributed by atoms with E-state index in [-0.39, 0.29) is 24.9 Å². The molecule has 1 aliphatic carbocycles. The van der Waals surface area contributed by atoms with Crippen molar-refractivity contribution in [2.75, 3.05) is 6.54 Å². The summed E-state index contributed by atoms with van der Waals surface area (Å²) in [6.45, 7) is -0.217. The van der Waals surface area contributed by atoms with Gasteiger partial charge in [0.15, 0.2) is 0 Å². The van der Waals surface area contributed by atoms with Crippen molar-refractivity contribution in [2.24, 2.45) is 0 Å². The largest absolute Gasteiger partial charge is 0.480 e. The van der Waals surface area contributed by atoms with Crippen LogP contribution in [0.5, 0.6) is 0 Å². The molecule has 0 aromatic carbocycles. The van der Waals surface area contributed by atoms with Gasteiger partial charge in [-0.3, -0.25) is 9.59 Å². The Balaban J connectivity index is 1.68. The number of amides is 1. The molecule has 1 saturated carbocycles. The van der Waals surface area contributed by atoms with Crippen molar-refractivity contribution in [3.63, 3.8) is 0 Å². The van der Waals surface area contributed by atoms with Gasteiger partial charge in [0.25, 0.3) is 0 Å². The number of aliphatic carboxylic acids is 1. The first-order valence-electron chi connectivity index (χ1n) is 6.61. The molecule has 1 amide bonds. The second-order valence-electron chi connectivity index (χ2n) is 4.98. The molecule has 1 aliphatic rings. The first-order valence-corrected chi connectivity index (χ1v) is 8.44. The van der Waals surface area contributed by atoms with Crippen LogP contribution in [0.25, 0.3) is 10.6 Å². The number of hydrogen-bond acceptors (Lipinski definition) is 5. The van der Waals surface area contributed by atoms with Gasteiger partial charge in [0.2, 0.25) is 5.91 Å². The van der Waals surface area contributed by atoms with E-state index in [9.17, 15) is 9.59 Å². The molecule has 21 heavy (non-hydrogen) atoms. The molecule has 0 atom stereocenters. The summed E-state index contributed by atoms with van der Waals surface area (Å²) in [4.78, 5) is 29.0. The van der Waals surface area contributed by atoms with Crippen LogP contribution in [0.2, 0.25) is 0 Å². The second-order valence-corrected chi connectivity index (χ2v) is 6.62. The van der Waals surface area contributed by atoms with Gasteiger partial charge in [-0.2, -0.15) is 11.3 Å². The minimum Gasteiger partial charge on any atom is -0.480 e. The Morgan fingerprint density at radius 1 is 1.38 bits per heavy atom. The van der Waals surface area contributed by atoms with Gasteiger partial charge in [-0.25, -0.2) is 4.98 Å². The summed E-state index contributed by atoms with van der Waals surface area (Å²) in [5.41, 5.74) is 1.77. The Morgan fingerprint density at radius 2 is 2.19 bits per heavy atom. The van der Waals surface area contributed by atoms with E-state index in [1.165, 1.54) is 16.2 Å². The van der Waals surface area contributed by atoms with Crippen LogP contribution < -0.4 is 0 Å². The predicted octanol–water partition coefficient (Wildman–Crippen LogP) is 2.49. The average Bonchev–Trinajstić information content (AvgIpc) is 2.94. The van der Waals surface area contributed by atoms with Gasteiger partial charge in [-0.15, -0.1) is 11.3 Å². The molecular formula is C14H14N2O3S2. The standard InChI is InChI=1S/C14H14N2O3S2/c17-12(16(6-13(18)19)11-1-2-11)5-10-8-21-14(15-10)9-3-4-20-7-9/h3-4,7-8,11H,1-2,5-6H2,(H,18,19). The molecule has 1 fully saturated rings. The molecule has 0 radical (unpaired) electrons. The SMILES string of the molecule is O=C(O)CN(C(=O)Cc1csc(-c2ccsc2)n1)C1CC1. The lowest BCUT2D eigenvalue weighted by Crippen LogP contribution is -2.38. The average molecular weight is 322 g/mol. The number of aromatic nitrogens is 1. The minimum atomic E-state index is -0.965. The zero-order valence-corrected chi connectivity index (χ0v) is 12.8. The van der Waals surface area contributed by atoms with Crippen molar-refractivity contribution in [3.8, 4) is 10.6 Å². The molecule has 1 N–H and O–H groups in total. The molecular weight excluding hydrogens is 308 g/mol. The fraction of sp³-hybridized carbons (Fsp3) is 0.357. The van der Waals surface area contributed by atoms with Crippen molar-refractivity contribution >= 4 is 34.6 Å². The molecule has 5 nitrogen and oxygen atoms in total. The Hall–Kier alpha value is -1.73. The number of carboxylic acid groups (broad SMARTS) is 1. The van der Waals surface area contributed by atoms with E-state index in [1.807, 2.05) is 22.2 Å². The lowest BCUT2D eigenvalue weighted by Gasteiger charge is -2.19. The number of carboxylic acids is 1. The number of nitrogens with zero attached hydrogens (tertiary/aromatic N) is 2. The van der Waals surface area contributed by atoms with Gasteiger partial charge in [-0.05, 0) is 24.3 Å². The predicted molar refractivity (Wildman–Crippen MR) is 81.5 cm³/mol. The van der Waals surface area contributed by atoms with Crippen molar-refractivity contribution in [2.45, 2.75) is 25.3 Å². The van der Waals surface area contributed by atoms with E-state index in [0.29, 0.717) is 5.69 Å². The molecule has 2 heterocycles. The zero-order chi connectivity index (χ0) is 14.8. The summed E-state index contributed by atoms with van der Waals surface area (Å²) >= 11 is 3.12. The minimum absolute atomic E-state index is 0.101. The van der Waals surface area contributed by atoms with Crippen LogP contribution in [0, 0.1) is 0 Å². The highest BCUT2D eigenvalue weighted by Gasteiger charge is 2.33. The number of hydrogen-bond donors (Lipinski definition) is 1. The molecule has 0 unspecified atom stereocenters. The number of carbonyl (C=O) groups is 2. The number of thiophene rings is 1. The maximum Gasteiger partial charge on any atom is 0.323 e. The van der Waals surface area contributed by atoms with Crippen LogP contribution in [-0.4, -0.2) is 39.5 Å².